The van der Waals surface area contributed by atoms with Crippen molar-refractivity contribution in [2.24, 2.45) is 0 Å². The van der Waals surface area contributed by atoms with Gasteiger partial charge in [-0.15, -0.1) is 0 Å². The van der Waals surface area contributed by atoms with Crippen molar-refractivity contribution in [3.63, 3.8) is 0 Å². The van der Waals surface area contributed by atoms with E-state index in [2.05, 4.69) is 45.9 Å². The fraction of sp³-hybridized carbons (Fsp3) is 0.429. The standard InChI is InChI=1S/C21H26N4O/c1-15-12-22-16(2)25(15)18-10-11-24(14-18)21(26)9-5-6-17-13-23-20-8-4-3-7-19(17)20/h3-4,7-8,12-13,18,23H,5-6,9-11,14H2,1-2H3. The van der Waals surface area contributed by atoms with E-state index in [1.807, 2.05) is 24.1 Å². The maximum Gasteiger partial charge on any atom is 0.222 e. The van der Waals surface area contributed by atoms with E-state index in [1.165, 1.54) is 22.2 Å². The van der Waals surface area contributed by atoms with E-state index >= 15 is 0 Å². The quantitative estimate of drug-likeness (QED) is 0.761. The van der Waals surface area contributed by atoms with Gasteiger partial charge in [0.05, 0.1) is 6.04 Å². The number of likely N-dealkylation sites (tertiary alicyclic amines) is 1. The third-order valence-corrected chi connectivity index (χ3v) is 5.56. The van der Waals surface area contributed by atoms with Gasteiger partial charge in [-0.1, -0.05) is 18.2 Å². The van der Waals surface area contributed by atoms with Crippen molar-refractivity contribution in [3.05, 3.63) is 53.7 Å². The summed E-state index contributed by atoms with van der Waals surface area (Å²) in [6, 6.07) is 8.71. The van der Waals surface area contributed by atoms with Gasteiger partial charge in [0.1, 0.15) is 5.82 Å². The number of hydrogen-bond acceptors (Lipinski definition) is 2. The zero-order valence-corrected chi connectivity index (χ0v) is 15.5. The molecule has 2 aromatic heterocycles. The highest BCUT2D eigenvalue weighted by Gasteiger charge is 2.28. The first kappa shape index (κ1) is 16.9. The molecule has 26 heavy (non-hydrogen) atoms. The van der Waals surface area contributed by atoms with Gasteiger partial charge in [-0.05, 0) is 44.7 Å². The van der Waals surface area contributed by atoms with E-state index < -0.39 is 0 Å². The largest absolute Gasteiger partial charge is 0.361 e. The van der Waals surface area contributed by atoms with Crippen LogP contribution in [0.5, 0.6) is 0 Å². The third-order valence-electron chi connectivity index (χ3n) is 5.56. The Morgan fingerprint density at radius 2 is 2.15 bits per heavy atom. The molecule has 5 heteroatoms. The van der Waals surface area contributed by atoms with Gasteiger partial charge in [-0.2, -0.15) is 0 Å². The number of nitrogens with one attached hydrogen (secondary N) is 1. The second kappa shape index (κ2) is 6.98. The summed E-state index contributed by atoms with van der Waals surface area (Å²) in [7, 11) is 0. The fourth-order valence-corrected chi connectivity index (χ4v) is 4.22. The van der Waals surface area contributed by atoms with Gasteiger partial charge in [0, 0.05) is 48.5 Å². The van der Waals surface area contributed by atoms with Crippen LogP contribution in [0, 0.1) is 13.8 Å². The molecule has 4 rings (SSSR count). The van der Waals surface area contributed by atoms with Gasteiger partial charge in [-0.3, -0.25) is 4.79 Å². The number of benzene rings is 1. The molecule has 0 radical (unpaired) electrons. The number of aromatic amines is 1. The first-order chi connectivity index (χ1) is 12.6. The van der Waals surface area contributed by atoms with Gasteiger partial charge >= 0.3 is 0 Å². The predicted octanol–water partition coefficient (Wildman–Crippen LogP) is 3.78. The number of H-pyrrole nitrogens is 1. The number of aromatic nitrogens is 3. The minimum atomic E-state index is 0.280. The van der Waals surface area contributed by atoms with Crippen LogP contribution in [0.25, 0.3) is 10.9 Å². The highest BCUT2D eigenvalue weighted by atomic mass is 16.2. The molecule has 1 N–H and O–H groups in total. The molecule has 1 aliphatic rings. The van der Waals surface area contributed by atoms with Crippen molar-refractivity contribution in [1.29, 1.82) is 0 Å². The molecule has 0 spiro atoms. The van der Waals surface area contributed by atoms with Gasteiger partial charge in [0.2, 0.25) is 5.91 Å². The minimum Gasteiger partial charge on any atom is -0.361 e. The predicted molar refractivity (Wildman–Crippen MR) is 103 cm³/mol. The Kier molecular flexibility index (Phi) is 4.53. The minimum absolute atomic E-state index is 0.280. The number of imidazole rings is 1. The summed E-state index contributed by atoms with van der Waals surface area (Å²) in [6.45, 7) is 5.79. The lowest BCUT2D eigenvalue weighted by atomic mass is 10.1. The van der Waals surface area contributed by atoms with Crippen LogP contribution >= 0.6 is 0 Å². The molecule has 0 aliphatic carbocycles. The van der Waals surface area contributed by atoms with Crippen LogP contribution in [0.4, 0.5) is 0 Å². The number of rotatable bonds is 5. The highest BCUT2D eigenvalue weighted by molar-refractivity contribution is 5.83. The molecule has 3 aromatic rings. The average molecular weight is 350 g/mol. The van der Waals surface area contributed by atoms with Crippen molar-refractivity contribution in [2.45, 2.75) is 45.6 Å². The van der Waals surface area contributed by atoms with Crippen LogP contribution < -0.4 is 0 Å². The van der Waals surface area contributed by atoms with Crippen molar-refractivity contribution in [3.8, 4) is 0 Å². The SMILES string of the molecule is Cc1cnc(C)n1C1CCN(C(=O)CCCc2c[nH]c3ccccc23)C1. The Bertz CT molecular complexity index is 904. The lowest BCUT2D eigenvalue weighted by Gasteiger charge is -2.19. The fourth-order valence-electron chi connectivity index (χ4n) is 4.22. The van der Waals surface area contributed by atoms with Crippen molar-refractivity contribution >= 4 is 16.8 Å². The number of fused-ring (bicyclic) bond motifs is 1. The molecule has 5 nitrogen and oxygen atoms in total. The second-order valence-electron chi connectivity index (χ2n) is 7.31. The van der Waals surface area contributed by atoms with E-state index in [1.54, 1.807) is 0 Å². The van der Waals surface area contributed by atoms with Gasteiger partial charge in [-0.25, -0.2) is 4.98 Å². The molecule has 0 saturated carbocycles. The number of hydrogen-bond donors (Lipinski definition) is 1. The summed E-state index contributed by atoms with van der Waals surface area (Å²) in [5, 5.41) is 1.27. The van der Waals surface area contributed by atoms with Gasteiger partial charge in [0.15, 0.2) is 0 Å². The van der Waals surface area contributed by atoms with E-state index in [-0.39, 0.29) is 5.91 Å². The first-order valence-corrected chi connectivity index (χ1v) is 9.46. The summed E-state index contributed by atoms with van der Waals surface area (Å²) in [4.78, 5) is 22.3. The van der Waals surface area contributed by atoms with Gasteiger partial charge in [0.25, 0.3) is 0 Å². The molecular formula is C21H26N4O. The van der Waals surface area contributed by atoms with E-state index in [0.29, 0.717) is 12.5 Å². The average Bonchev–Trinajstić information content (AvgIpc) is 3.34. The molecule has 1 aliphatic heterocycles. The van der Waals surface area contributed by atoms with Crippen molar-refractivity contribution in [2.75, 3.05) is 13.1 Å². The molecule has 1 atom stereocenters. The summed E-state index contributed by atoms with van der Waals surface area (Å²) in [5.41, 5.74) is 3.65. The number of carbonyl (C=O) groups excluding carboxylic acids is 1. The topological polar surface area (TPSA) is 53.9 Å². The van der Waals surface area contributed by atoms with Crippen molar-refractivity contribution < 1.29 is 4.79 Å². The second-order valence-corrected chi connectivity index (χ2v) is 7.31. The van der Waals surface area contributed by atoms with E-state index in [4.69, 9.17) is 0 Å². The Morgan fingerprint density at radius 1 is 1.31 bits per heavy atom. The smallest absolute Gasteiger partial charge is 0.222 e. The third kappa shape index (κ3) is 3.14. The monoisotopic (exact) mass is 350 g/mol. The van der Waals surface area contributed by atoms with E-state index in [9.17, 15) is 4.79 Å². The Morgan fingerprint density at radius 3 is 2.96 bits per heavy atom. The zero-order chi connectivity index (χ0) is 18.1. The summed E-state index contributed by atoms with van der Waals surface area (Å²) in [6.07, 6.45) is 7.46. The van der Waals surface area contributed by atoms with Crippen LogP contribution in [0.3, 0.4) is 0 Å². The Labute approximate surface area is 154 Å². The van der Waals surface area contributed by atoms with Crippen molar-refractivity contribution in [1.82, 2.24) is 19.4 Å². The first-order valence-electron chi connectivity index (χ1n) is 9.46. The maximum absolute atomic E-state index is 12.6. The lowest BCUT2D eigenvalue weighted by Crippen LogP contribution is -2.29. The molecule has 3 heterocycles. The lowest BCUT2D eigenvalue weighted by molar-refractivity contribution is -0.130. The molecule has 0 bridgehead atoms. The summed E-state index contributed by atoms with van der Waals surface area (Å²) >= 11 is 0. The summed E-state index contributed by atoms with van der Waals surface area (Å²) < 4.78 is 2.28. The summed E-state index contributed by atoms with van der Waals surface area (Å²) in [5.74, 6) is 1.32. The molecule has 1 unspecified atom stereocenters. The van der Waals surface area contributed by atoms with Crippen LogP contribution in [0.2, 0.25) is 0 Å². The number of carbonyl (C=O) groups is 1. The molecular weight excluding hydrogens is 324 g/mol. The number of amides is 1. The van der Waals surface area contributed by atoms with Gasteiger partial charge < -0.3 is 14.5 Å². The zero-order valence-electron chi connectivity index (χ0n) is 15.5. The van der Waals surface area contributed by atoms with E-state index in [0.717, 1.165) is 38.2 Å². The molecule has 1 saturated heterocycles. The van der Waals surface area contributed by atoms with Crippen LogP contribution in [0.1, 0.15) is 42.4 Å². The van der Waals surface area contributed by atoms with Crippen LogP contribution in [-0.2, 0) is 11.2 Å². The Hall–Kier alpha value is -2.56. The Balaban J connectivity index is 1.32. The van der Waals surface area contributed by atoms with Crippen LogP contribution in [-0.4, -0.2) is 38.4 Å². The number of aryl methyl sites for hydroxylation is 3. The highest BCUT2D eigenvalue weighted by Crippen LogP contribution is 2.26. The molecule has 1 amide bonds. The van der Waals surface area contributed by atoms with Crippen LogP contribution in [0.15, 0.2) is 36.7 Å². The maximum atomic E-state index is 12.6. The molecule has 1 aromatic carbocycles. The molecule has 136 valence electrons. The normalized spacial score (nSPS) is 17.3. The number of para-hydroxylation sites is 1. The molecule has 1 fully saturated rings. The number of nitrogens with zero attached hydrogens (tertiary/aromatic N) is 3.